The molecule has 0 amide bonds. The maximum atomic E-state index is 12.6. The highest BCUT2D eigenvalue weighted by atomic mass is 16.7. The SMILES string of the molecule is CC(C)(CCCCOc1ccc2c(c1)OCO2)C(=O)Oc1ccc2c(c1)OCO2. The minimum absolute atomic E-state index is 0.187. The summed E-state index contributed by atoms with van der Waals surface area (Å²) in [5, 5.41) is 0. The van der Waals surface area contributed by atoms with Crippen LogP contribution in [0, 0.1) is 5.41 Å². The van der Waals surface area contributed by atoms with Gasteiger partial charge in [-0.3, -0.25) is 4.79 Å². The molecular weight excluding hydrogens is 376 g/mol. The number of fused-ring (bicyclic) bond motifs is 2. The summed E-state index contributed by atoms with van der Waals surface area (Å²) in [7, 11) is 0. The molecular formula is C22H24O7. The monoisotopic (exact) mass is 400 g/mol. The molecule has 0 aliphatic carbocycles. The van der Waals surface area contributed by atoms with Crippen molar-refractivity contribution < 1.29 is 33.2 Å². The van der Waals surface area contributed by atoms with Crippen LogP contribution in [0.25, 0.3) is 0 Å². The molecule has 0 spiro atoms. The van der Waals surface area contributed by atoms with E-state index >= 15 is 0 Å². The predicted molar refractivity (Wildman–Crippen MR) is 104 cm³/mol. The lowest BCUT2D eigenvalue weighted by Gasteiger charge is -2.22. The molecule has 7 heteroatoms. The zero-order valence-corrected chi connectivity index (χ0v) is 16.6. The maximum absolute atomic E-state index is 12.6. The number of ether oxygens (including phenoxy) is 6. The van der Waals surface area contributed by atoms with E-state index in [0.29, 0.717) is 36.0 Å². The molecule has 2 heterocycles. The summed E-state index contributed by atoms with van der Waals surface area (Å²) in [5.41, 5.74) is -0.602. The van der Waals surface area contributed by atoms with Gasteiger partial charge in [0.15, 0.2) is 23.0 Å². The van der Waals surface area contributed by atoms with Crippen LogP contribution < -0.4 is 28.4 Å². The highest BCUT2D eigenvalue weighted by Gasteiger charge is 2.29. The lowest BCUT2D eigenvalue weighted by Crippen LogP contribution is -2.29. The molecule has 4 rings (SSSR count). The Hall–Kier alpha value is -3.09. The van der Waals surface area contributed by atoms with Gasteiger partial charge in [-0.15, -0.1) is 0 Å². The fourth-order valence-corrected chi connectivity index (χ4v) is 3.11. The quantitative estimate of drug-likeness (QED) is 0.371. The first-order chi connectivity index (χ1) is 14.0. The number of esters is 1. The number of hydrogen-bond donors (Lipinski definition) is 0. The van der Waals surface area contributed by atoms with Crippen molar-refractivity contribution in [2.45, 2.75) is 33.1 Å². The molecule has 0 bridgehead atoms. The highest BCUT2D eigenvalue weighted by molar-refractivity contribution is 5.78. The standard InChI is InChI=1S/C22H24O7/c1-22(2,21(23)29-16-6-8-18-20(12-16)28-14-26-18)9-3-4-10-24-15-5-7-17-19(11-15)27-13-25-17/h5-8,11-12H,3-4,9-10,13-14H2,1-2H3. The Balaban J connectivity index is 1.20. The van der Waals surface area contributed by atoms with Gasteiger partial charge in [0.25, 0.3) is 0 Å². The van der Waals surface area contributed by atoms with Crippen molar-refractivity contribution in [3.63, 3.8) is 0 Å². The van der Waals surface area contributed by atoms with Crippen LogP contribution >= 0.6 is 0 Å². The van der Waals surface area contributed by atoms with E-state index in [1.54, 1.807) is 18.2 Å². The van der Waals surface area contributed by atoms with E-state index in [4.69, 9.17) is 28.4 Å². The average Bonchev–Trinajstić information content (AvgIpc) is 3.35. The van der Waals surface area contributed by atoms with Crippen molar-refractivity contribution in [2.24, 2.45) is 5.41 Å². The summed E-state index contributed by atoms with van der Waals surface area (Å²) < 4.78 is 32.5. The molecule has 29 heavy (non-hydrogen) atoms. The first kappa shape index (κ1) is 19.2. The molecule has 0 N–H and O–H groups in total. The number of carbonyl (C=O) groups excluding carboxylic acids is 1. The van der Waals surface area contributed by atoms with Gasteiger partial charge in [0.05, 0.1) is 12.0 Å². The summed E-state index contributed by atoms with van der Waals surface area (Å²) in [5.74, 6) is 3.62. The van der Waals surface area contributed by atoms with Crippen LogP contribution in [0.4, 0.5) is 0 Å². The van der Waals surface area contributed by atoms with E-state index in [-0.39, 0.29) is 19.6 Å². The van der Waals surface area contributed by atoms with E-state index < -0.39 is 5.41 Å². The van der Waals surface area contributed by atoms with Crippen LogP contribution in [-0.2, 0) is 4.79 Å². The molecule has 0 aromatic heterocycles. The lowest BCUT2D eigenvalue weighted by atomic mass is 9.87. The van der Waals surface area contributed by atoms with Gasteiger partial charge in [-0.05, 0) is 57.4 Å². The van der Waals surface area contributed by atoms with E-state index in [0.717, 1.165) is 24.3 Å². The van der Waals surface area contributed by atoms with Crippen LogP contribution in [0.1, 0.15) is 33.1 Å². The van der Waals surface area contributed by atoms with Crippen molar-refractivity contribution in [1.82, 2.24) is 0 Å². The molecule has 0 unspecified atom stereocenters. The number of benzene rings is 2. The largest absolute Gasteiger partial charge is 0.493 e. The Kier molecular flexibility index (Phi) is 5.38. The summed E-state index contributed by atoms with van der Waals surface area (Å²) in [6.07, 6.45) is 2.36. The predicted octanol–water partition coefficient (Wildman–Crippen LogP) is 4.32. The zero-order valence-electron chi connectivity index (χ0n) is 16.6. The number of carbonyl (C=O) groups is 1. The Labute approximate surface area is 169 Å². The molecule has 0 saturated heterocycles. The third-order valence-corrected chi connectivity index (χ3v) is 4.92. The van der Waals surface area contributed by atoms with Crippen LogP contribution in [-0.4, -0.2) is 26.2 Å². The van der Waals surface area contributed by atoms with Gasteiger partial charge in [0, 0.05) is 12.1 Å². The lowest BCUT2D eigenvalue weighted by molar-refractivity contribution is -0.144. The van der Waals surface area contributed by atoms with Gasteiger partial charge in [-0.25, -0.2) is 0 Å². The molecule has 2 aliphatic heterocycles. The second-order valence-electron chi connectivity index (χ2n) is 7.61. The van der Waals surface area contributed by atoms with Gasteiger partial charge < -0.3 is 28.4 Å². The first-order valence-electron chi connectivity index (χ1n) is 9.66. The molecule has 2 aliphatic rings. The first-order valence-corrected chi connectivity index (χ1v) is 9.66. The molecule has 7 nitrogen and oxygen atoms in total. The number of hydrogen-bond acceptors (Lipinski definition) is 7. The van der Waals surface area contributed by atoms with Crippen molar-refractivity contribution in [3.05, 3.63) is 36.4 Å². The minimum atomic E-state index is -0.602. The Morgan fingerprint density at radius 2 is 1.45 bits per heavy atom. The van der Waals surface area contributed by atoms with E-state index in [1.807, 2.05) is 32.0 Å². The van der Waals surface area contributed by atoms with Gasteiger partial charge in [-0.1, -0.05) is 0 Å². The topological polar surface area (TPSA) is 72.5 Å². The third-order valence-electron chi connectivity index (χ3n) is 4.92. The van der Waals surface area contributed by atoms with Crippen molar-refractivity contribution in [3.8, 4) is 34.5 Å². The molecule has 0 atom stereocenters. The molecule has 0 saturated carbocycles. The number of rotatable bonds is 8. The van der Waals surface area contributed by atoms with E-state index in [1.165, 1.54) is 0 Å². The van der Waals surface area contributed by atoms with E-state index in [2.05, 4.69) is 0 Å². The van der Waals surface area contributed by atoms with Crippen molar-refractivity contribution in [2.75, 3.05) is 20.2 Å². The summed E-state index contributed by atoms with van der Waals surface area (Å²) >= 11 is 0. The Morgan fingerprint density at radius 1 is 0.862 bits per heavy atom. The zero-order chi connectivity index (χ0) is 20.3. The van der Waals surface area contributed by atoms with Gasteiger partial charge >= 0.3 is 5.97 Å². The molecule has 0 radical (unpaired) electrons. The van der Waals surface area contributed by atoms with Crippen LogP contribution in [0.3, 0.4) is 0 Å². The van der Waals surface area contributed by atoms with Crippen LogP contribution in [0.5, 0.6) is 34.5 Å². The van der Waals surface area contributed by atoms with Crippen molar-refractivity contribution in [1.29, 1.82) is 0 Å². The molecule has 2 aromatic carbocycles. The third kappa shape index (κ3) is 4.50. The summed E-state index contributed by atoms with van der Waals surface area (Å²) in [6.45, 7) is 4.78. The van der Waals surface area contributed by atoms with Gasteiger partial charge in [0.2, 0.25) is 13.6 Å². The minimum Gasteiger partial charge on any atom is -0.493 e. The molecule has 154 valence electrons. The average molecular weight is 400 g/mol. The Morgan fingerprint density at radius 3 is 2.14 bits per heavy atom. The van der Waals surface area contributed by atoms with Gasteiger partial charge in [-0.2, -0.15) is 0 Å². The van der Waals surface area contributed by atoms with E-state index in [9.17, 15) is 4.79 Å². The summed E-state index contributed by atoms with van der Waals surface area (Å²) in [6, 6.07) is 10.7. The highest BCUT2D eigenvalue weighted by Crippen LogP contribution is 2.37. The number of unbranched alkanes of at least 4 members (excludes halogenated alkanes) is 1. The molecule has 0 fully saturated rings. The molecule has 2 aromatic rings. The maximum Gasteiger partial charge on any atom is 0.316 e. The fourth-order valence-electron chi connectivity index (χ4n) is 3.11. The summed E-state index contributed by atoms with van der Waals surface area (Å²) in [4.78, 5) is 12.6. The van der Waals surface area contributed by atoms with Crippen molar-refractivity contribution >= 4 is 5.97 Å². The smallest absolute Gasteiger partial charge is 0.316 e. The second kappa shape index (κ2) is 8.11. The Bertz CT molecular complexity index is 891. The van der Waals surface area contributed by atoms with Crippen LogP contribution in [0.15, 0.2) is 36.4 Å². The second-order valence-corrected chi connectivity index (χ2v) is 7.61. The van der Waals surface area contributed by atoms with Crippen LogP contribution in [0.2, 0.25) is 0 Å². The normalized spacial score (nSPS) is 14.0. The fraction of sp³-hybridized carbons (Fsp3) is 0.409. The van der Waals surface area contributed by atoms with Gasteiger partial charge in [0.1, 0.15) is 11.5 Å².